The van der Waals surface area contributed by atoms with E-state index in [1.807, 2.05) is 58.9 Å². The number of anilines is 1. The van der Waals surface area contributed by atoms with Crippen molar-refractivity contribution in [1.82, 2.24) is 10.3 Å². The van der Waals surface area contributed by atoms with Crippen LogP contribution >= 0.6 is 0 Å². The monoisotopic (exact) mass is 470 g/mol. The van der Waals surface area contributed by atoms with Crippen molar-refractivity contribution >= 4 is 16.6 Å². The molecule has 1 aliphatic carbocycles. The minimum atomic E-state index is -0.147. The fourth-order valence-electron chi connectivity index (χ4n) is 3.59. The first-order valence-electron chi connectivity index (χ1n) is 12.3. The molecule has 0 spiro atoms. The lowest BCUT2D eigenvalue weighted by molar-refractivity contribution is 0.0363. The SMILES string of the molecule is C=C(CN)Nc1cnc2ccc(OC)cc2c1.C=C(NC1CCC(C)CC1)OC(C)(C)C.CC. The number of benzene rings is 1. The number of fused-ring (bicyclic) bond motifs is 1. The number of rotatable bonds is 7. The molecular formula is C28H46N4O2. The van der Waals surface area contributed by atoms with Crippen molar-refractivity contribution < 1.29 is 9.47 Å². The highest BCUT2D eigenvalue weighted by atomic mass is 16.5. The first-order valence-corrected chi connectivity index (χ1v) is 12.3. The quantitative estimate of drug-likeness (QED) is 0.396. The zero-order valence-electron chi connectivity index (χ0n) is 22.3. The Morgan fingerprint density at radius 3 is 2.32 bits per heavy atom. The first kappa shape index (κ1) is 29.3. The Morgan fingerprint density at radius 1 is 1.12 bits per heavy atom. The van der Waals surface area contributed by atoms with Crippen LogP contribution in [0.2, 0.25) is 0 Å². The third-order valence-electron chi connectivity index (χ3n) is 5.27. The fraction of sp³-hybridized carbons (Fsp3) is 0.536. The van der Waals surface area contributed by atoms with E-state index in [9.17, 15) is 0 Å². The number of aromatic nitrogens is 1. The highest BCUT2D eigenvalue weighted by Gasteiger charge is 2.20. The van der Waals surface area contributed by atoms with Gasteiger partial charge in [-0.1, -0.05) is 27.4 Å². The molecule has 34 heavy (non-hydrogen) atoms. The number of ether oxygens (including phenoxy) is 2. The van der Waals surface area contributed by atoms with Gasteiger partial charge in [0.15, 0.2) is 5.88 Å². The van der Waals surface area contributed by atoms with E-state index >= 15 is 0 Å². The lowest BCUT2D eigenvalue weighted by Gasteiger charge is -2.30. The molecule has 0 radical (unpaired) electrons. The summed E-state index contributed by atoms with van der Waals surface area (Å²) in [6, 6.07) is 8.32. The van der Waals surface area contributed by atoms with Crippen LogP contribution in [-0.4, -0.2) is 30.3 Å². The van der Waals surface area contributed by atoms with Gasteiger partial charge in [0.1, 0.15) is 11.4 Å². The molecule has 0 amide bonds. The van der Waals surface area contributed by atoms with Crippen molar-refractivity contribution in [3.63, 3.8) is 0 Å². The second-order valence-corrected chi connectivity index (χ2v) is 9.45. The maximum atomic E-state index is 5.66. The predicted molar refractivity (Wildman–Crippen MR) is 146 cm³/mol. The van der Waals surface area contributed by atoms with Gasteiger partial charge in [-0.05, 0) is 83.2 Å². The van der Waals surface area contributed by atoms with Crippen LogP contribution in [0.5, 0.6) is 5.75 Å². The molecule has 6 nitrogen and oxygen atoms in total. The minimum Gasteiger partial charge on any atom is -0.497 e. The Labute approximate surface area is 207 Å². The molecular weight excluding hydrogens is 424 g/mol. The molecule has 0 saturated heterocycles. The Kier molecular flexibility index (Phi) is 12.5. The van der Waals surface area contributed by atoms with E-state index in [2.05, 4.69) is 35.7 Å². The molecule has 6 heteroatoms. The van der Waals surface area contributed by atoms with Gasteiger partial charge in [-0.25, -0.2) is 0 Å². The summed E-state index contributed by atoms with van der Waals surface area (Å²) in [7, 11) is 1.65. The van der Waals surface area contributed by atoms with Crippen molar-refractivity contribution in [2.24, 2.45) is 11.7 Å². The Balaban J connectivity index is 0.000000320. The topological polar surface area (TPSA) is 81.4 Å². The summed E-state index contributed by atoms with van der Waals surface area (Å²) in [5.41, 5.74) is 7.89. The predicted octanol–water partition coefficient (Wildman–Crippen LogP) is 6.59. The second kappa shape index (κ2) is 14.5. The van der Waals surface area contributed by atoms with E-state index in [0.29, 0.717) is 12.6 Å². The van der Waals surface area contributed by atoms with Gasteiger partial charge in [0.2, 0.25) is 0 Å². The van der Waals surface area contributed by atoms with Crippen LogP contribution in [0.1, 0.15) is 67.2 Å². The molecule has 1 saturated carbocycles. The number of pyridine rings is 1. The Hall–Kier alpha value is -2.73. The molecule has 1 aliphatic rings. The number of nitrogens with one attached hydrogen (secondary N) is 2. The van der Waals surface area contributed by atoms with E-state index in [0.717, 1.165) is 39.8 Å². The molecule has 2 aromatic rings. The molecule has 190 valence electrons. The molecule has 3 rings (SSSR count). The summed E-state index contributed by atoms with van der Waals surface area (Å²) in [5.74, 6) is 2.43. The summed E-state index contributed by atoms with van der Waals surface area (Å²) in [4.78, 5) is 4.34. The fourth-order valence-corrected chi connectivity index (χ4v) is 3.59. The minimum absolute atomic E-state index is 0.147. The van der Waals surface area contributed by atoms with E-state index in [1.54, 1.807) is 13.3 Å². The lowest BCUT2D eigenvalue weighted by Crippen LogP contribution is -2.35. The molecule has 0 atom stereocenters. The van der Waals surface area contributed by atoms with Gasteiger partial charge < -0.3 is 25.8 Å². The standard InChI is InChI=1S/C13H15N3O.C13H25NO.C2H6/c1-9(7-14)16-11-5-10-6-12(17-2)3-4-13(10)15-8-11;1-10-6-8-12(9-7-10)14-11(2)15-13(3,4)5;1-2/h3-6,8,16H,1,7,14H2,2H3;10,12,14H,2,6-9H2,1,3-5H3;1-2H3. The molecule has 0 bridgehead atoms. The van der Waals surface area contributed by atoms with Crippen LogP contribution in [0.15, 0.2) is 55.2 Å². The van der Waals surface area contributed by atoms with Crippen molar-refractivity contribution in [1.29, 1.82) is 0 Å². The van der Waals surface area contributed by atoms with Crippen LogP contribution in [0, 0.1) is 5.92 Å². The van der Waals surface area contributed by atoms with Crippen LogP contribution < -0.4 is 21.1 Å². The third-order valence-corrected chi connectivity index (χ3v) is 5.27. The largest absolute Gasteiger partial charge is 0.497 e. The molecule has 1 aromatic carbocycles. The highest BCUT2D eigenvalue weighted by Crippen LogP contribution is 2.25. The van der Waals surface area contributed by atoms with Crippen molar-refractivity contribution in [2.45, 2.75) is 78.9 Å². The van der Waals surface area contributed by atoms with E-state index in [1.165, 1.54) is 25.7 Å². The number of hydrogen-bond donors (Lipinski definition) is 3. The van der Waals surface area contributed by atoms with Crippen molar-refractivity contribution in [2.75, 3.05) is 19.0 Å². The van der Waals surface area contributed by atoms with Gasteiger partial charge in [0.05, 0.1) is 24.5 Å². The van der Waals surface area contributed by atoms with Gasteiger partial charge in [-0.15, -0.1) is 0 Å². The number of nitrogens with two attached hydrogens (primary N) is 1. The van der Waals surface area contributed by atoms with Crippen molar-refractivity contribution in [3.05, 3.63) is 55.2 Å². The number of methoxy groups -OCH3 is 1. The lowest BCUT2D eigenvalue weighted by atomic mass is 9.87. The van der Waals surface area contributed by atoms with E-state index in [-0.39, 0.29) is 5.60 Å². The van der Waals surface area contributed by atoms with Crippen molar-refractivity contribution in [3.8, 4) is 5.75 Å². The van der Waals surface area contributed by atoms with Crippen LogP contribution in [0.25, 0.3) is 10.9 Å². The van der Waals surface area contributed by atoms with E-state index < -0.39 is 0 Å². The van der Waals surface area contributed by atoms with Crippen LogP contribution in [0.3, 0.4) is 0 Å². The first-order chi connectivity index (χ1) is 16.1. The second-order valence-electron chi connectivity index (χ2n) is 9.45. The molecule has 4 N–H and O–H groups in total. The zero-order valence-corrected chi connectivity index (χ0v) is 22.3. The molecule has 0 unspecified atom stereocenters. The number of hydrogen-bond acceptors (Lipinski definition) is 6. The van der Waals surface area contributed by atoms with Gasteiger partial charge in [0.25, 0.3) is 0 Å². The Bertz CT molecular complexity index is 897. The van der Waals surface area contributed by atoms with E-state index in [4.69, 9.17) is 15.2 Å². The average molecular weight is 471 g/mol. The zero-order chi connectivity index (χ0) is 25.7. The van der Waals surface area contributed by atoms with Gasteiger partial charge in [-0.3, -0.25) is 4.98 Å². The smallest absolute Gasteiger partial charge is 0.180 e. The summed E-state index contributed by atoms with van der Waals surface area (Å²) in [6.07, 6.45) is 6.89. The maximum Gasteiger partial charge on any atom is 0.180 e. The van der Waals surface area contributed by atoms with Crippen LogP contribution in [0.4, 0.5) is 5.69 Å². The third kappa shape index (κ3) is 10.9. The highest BCUT2D eigenvalue weighted by molar-refractivity contribution is 5.83. The van der Waals surface area contributed by atoms with Gasteiger partial charge in [0, 0.05) is 23.7 Å². The summed E-state index contributed by atoms with van der Waals surface area (Å²) in [6.45, 7) is 20.6. The maximum absolute atomic E-state index is 5.66. The summed E-state index contributed by atoms with van der Waals surface area (Å²) >= 11 is 0. The molecule has 1 fully saturated rings. The van der Waals surface area contributed by atoms with Gasteiger partial charge >= 0.3 is 0 Å². The molecule has 0 aliphatic heterocycles. The molecule has 1 aromatic heterocycles. The van der Waals surface area contributed by atoms with Gasteiger partial charge in [-0.2, -0.15) is 0 Å². The molecule has 1 heterocycles. The van der Waals surface area contributed by atoms with Crippen LogP contribution in [-0.2, 0) is 4.74 Å². The summed E-state index contributed by atoms with van der Waals surface area (Å²) in [5, 5.41) is 7.49. The normalized spacial score (nSPS) is 17.3. The Morgan fingerprint density at radius 2 is 1.76 bits per heavy atom. The average Bonchev–Trinajstić information content (AvgIpc) is 2.80. The summed E-state index contributed by atoms with van der Waals surface area (Å²) < 4.78 is 10.8. The number of nitrogens with zero attached hydrogens (tertiary/aromatic N) is 1.